The standard InChI is InChI=1S/C18H16N4O4S2/c1-11-20-8-13(27-11)9-22-16(23)6-12-2-3-14(7-15(12)17(22)24)28(25,26)21-18(10-19)4-5-18/h2-3,7-8,21H,4-6,9H2,1H3. The monoisotopic (exact) mass is 416 g/mol. The molecule has 8 nitrogen and oxygen atoms in total. The van der Waals surface area contributed by atoms with E-state index in [-0.39, 0.29) is 29.3 Å². The number of carbonyl (C=O) groups excluding carboxylic acids is 2. The number of rotatable bonds is 5. The van der Waals surface area contributed by atoms with E-state index in [0.717, 1.165) is 14.8 Å². The van der Waals surface area contributed by atoms with Crippen LogP contribution in [0.5, 0.6) is 0 Å². The van der Waals surface area contributed by atoms with Crippen LogP contribution < -0.4 is 4.72 Å². The predicted molar refractivity (Wildman–Crippen MR) is 99.8 cm³/mol. The van der Waals surface area contributed by atoms with E-state index in [1.807, 2.05) is 13.0 Å². The number of aryl methyl sites for hydroxylation is 1. The van der Waals surface area contributed by atoms with Gasteiger partial charge in [0.05, 0.1) is 28.9 Å². The Labute approximate surface area is 165 Å². The molecule has 0 unspecified atom stereocenters. The highest BCUT2D eigenvalue weighted by atomic mass is 32.2. The second-order valence-electron chi connectivity index (χ2n) is 6.93. The molecule has 1 aliphatic heterocycles. The van der Waals surface area contributed by atoms with Gasteiger partial charge < -0.3 is 0 Å². The normalized spacial score (nSPS) is 17.9. The molecule has 2 aliphatic rings. The van der Waals surface area contributed by atoms with Crippen LogP contribution in [0.2, 0.25) is 0 Å². The Morgan fingerprint density at radius 1 is 1.36 bits per heavy atom. The lowest BCUT2D eigenvalue weighted by molar-refractivity contribution is -0.128. The van der Waals surface area contributed by atoms with Crippen molar-refractivity contribution in [3.8, 4) is 6.07 Å². The van der Waals surface area contributed by atoms with E-state index in [9.17, 15) is 18.0 Å². The fourth-order valence-electron chi connectivity index (χ4n) is 3.07. The zero-order valence-corrected chi connectivity index (χ0v) is 16.6. The zero-order valence-electron chi connectivity index (χ0n) is 14.9. The summed E-state index contributed by atoms with van der Waals surface area (Å²) < 4.78 is 27.6. The first kappa shape index (κ1) is 18.7. The summed E-state index contributed by atoms with van der Waals surface area (Å²) in [6.07, 6.45) is 2.57. The summed E-state index contributed by atoms with van der Waals surface area (Å²) >= 11 is 1.40. The molecule has 0 atom stereocenters. The Hall–Kier alpha value is -2.61. The van der Waals surface area contributed by atoms with Crippen LogP contribution in [0.4, 0.5) is 0 Å². The number of thiazole rings is 1. The Kier molecular flexibility index (Phi) is 4.33. The number of hydrogen-bond donors (Lipinski definition) is 1. The van der Waals surface area contributed by atoms with E-state index >= 15 is 0 Å². The summed E-state index contributed by atoms with van der Waals surface area (Å²) in [7, 11) is -3.95. The molecule has 144 valence electrons. The minimum absolute atomic E-state index is 0.0226. The second kappa shape index (κ2) is 6.48. The Balaban J connectivity index is 1.64. The lowest BCUT2D eigenvalue weighted by atomic mass is 9.98. The van der Waals surface area contributed by atoms with Gasteiger partial charge in [-0.3, -0.25) is 14.5 Å². The van der Waals surface area contributed by atoms with Crippen molar-refractivity contribution in [2.24, 2.45) is 0 Å². The van der Waals surface area contributed by atoms with Crippen LogP contribution in [0, 0.1) is 18.3 Å². The first-order valence-electron chi connectivity index (χ1n) is 8.57. The van der Waals surface area contributed by atoms with Crippen LogP contribution >= 0.6 is 11.3 Å². The molecule has 1 aliphatic carbocycles. The molecule has 2 amide bonds. The van der Waals surface area contributed by atoms with E-state index in [1.165, 1.54) is 29.5 Å². The lowest BCUT2D eigenvalue weighted by Gasteiger charge is -2.26. The van der Waals surface area contributed by atoms with E-state index in [4.69, 9.17) is 5.26 Å². The molecule has 2 heterocycles. The number of aromatic nitrogens is 1. The largest absolute Gasteiger partial charge is 0.274 e. The van der Waals surface area contributed by atoms with Gasteiger partial charge in [-0.2, -0.15) is 9.98 Å². The van der Waals surface area contributed by atoms with E-state index in [0.29, 0.717) is 18.4 Å². The highest BCUT2D eigenvalue weighted by Crippen LogP contribution is 2.36. The van der Waals surface area contributed by atoms with Gasteiger partial charge in [0.15, 0.2) is 0 Å². The predicted octanol–water partition coefficient (Wildman–Crippen LogP) is 1.51. The van der Waals surface area contributed by atoms with Gasteiger partial charge in [0.25, 0.3) is 5.91 Å². The van der Waals surface area contributed by atoms with E-state index in [1.54, 1.807) is 6.20 Å². The van der Waals surface area contributed by atoms with Crippen LogP contribution in [0.25, 0.3) is 0 Å². The SMILES string of the molecule is Cc1ncc(CN2C(=O)Cc3ccc(S(=O)(=O)NC4(C#N)CC4)cc3C2=O)s1. The van der Waals surface area contributed by atoms with Crippen LogP contribution in [0.15, 0.2) is 29.3 Å². The van der Waals surface area contributed by atoms with Crippen LogP contribution in [0.3, 0.4) is 0 Å². The number of nitrogens with one attached hydrogen (secondary N) is 1. The fraction of sp³-hybridized carbons (Fsp3) is 0.333. The van der Waals surface area contributed by atoms with Gasteiger partial charge in [-0.15, -0.1) is 11.3 Å². The minimum Gasteiger partial charge on any atom is -0.274 e. The maximum absolute atomic E-state index is 12.9. The molecule has 28 heavy (non-hydrogen) atoms. The molecular weight excluding hydrogens is 400 g/mol. The molecular formula is C18H16N4O4S2. The summed E-state index contributed by atoms with van der Waals surface area (Å²) in [5.74, 6) is -0.866. The molecule has 1 aromatic heterocycles. The maximum atomic E-state index is 12.9. The first-order chi connectivity index (χ1) is 13.2. The third-order valence-corrected chi connectivity index (χ3v) is 7.22. The summed E-state index contributed by atoms with van der Waals surface area (Å²) in [4.78, 5) is 31.2. The second-order valence-corrected chi connectivity index (χ2v) is 9.93. The van der Waals surface area contributed by atoms with Gasteiger partial charge in [-0.05, 0) is 37.5 Å². The van der Waals surface area contributed by atoms with Crippen molar-refractivity contribution >= 4 is 33.2 Å². The number of benzene rings is 1. The smallest absolute Gasteiger partial charge is 0.261 e. The van der Waals surface area contributed by atoms with E-state index < -0.39 is 21.5 Å². The molecule has 10 heteroatoms. The maximum Gasteiger partial charge on any atom is 0.261 e. The lowest BCUT2D eigenvalue weighted by Crippen LogP contribution is -2.42. The van der Waals surface area contributed by atoms with Crippen LogP contribution in [-0.4, -0.2) is 35.7 Å². The van der Waals surface area contributed by atoms with Crippen molar-refractivity contribution in [1.29, 1.82) is 5.26 Å². The average Bonchev–Trinajstić information content (AvgIpc) is 3.29. The number of carbonyl (C=O) groups is 2. The molecule has 0 bridgehead atoms. The van der Waals surface area contributed by atoms with Crippen LogP contribution in [0.1, 0.15) is 38.6 Å². The molecule has 1 N–H and O–H groups in total. The van der Waals surface area contributed by atoms with Gasteiger partial charge >= 0.3 is 0 Å². The third-order valence-electron chi connectivity index (χ3n) is 4.79. The number of nitriles is 1. The highest BCUT2D eigenvalue weighted by Gasteiger charge is 2.47. The molecule has 1 saturated carbocycles. The van der Waals surface area contributed by atoms with E-state index in [2.05, 4.69) is 9.71 Å². The van der Waals surface area contributed by atoms with Crippen molar-refractivity contribution in [1.82, 2.24) is 14.6 Å². The number of imide groups is 1. The topological polar surface area (TPSA) is 120 Å². The number of fused-ring (bicyclic) bond motifs is 1. The summed E-state index contributed by atoms with van der Waals surface area (Å²) in [5, 5.41) is 9.96. The van der Waals surface area contributed by atoms with Gasteiger partial charge in [0, 0.05) is 16.6 Å². The van der Waals surface area contributed by atoms with Gasteiger partial charge in [-0.1, -0.05) is 6.07 Å². The first-order valence-corrected chi connectivity index (χ1v) is 10.9. The van der Waals surface area contributed by atoms with Crippen molar-refractivity contribution in [3.05, 3.63) is 45.4 Å². The number of sulfonamides is 1. The van der Waals surface area contributed by atoms with Crippen molar-refractivity contribution < 1.29 is 18.0 Å². The number of hydrogen-bond acceptors (Lipinski definition) is 7. The van der Waals surface area contributed by atoms with Crippen molar-refractivity contribution in [3.63, 3.8) is 0 Å². The molecule has 0 saturated heterocycles. The Morgan fingerprint density at radius 2 is 2.11 bits per heavy atom. The number of nitrogens with zero attached hydrogens (tertiary/aromatic N) is 3. The zero-order chi connectivity index (χ0) is 20.1. The molecule has 0 radical (unpaired) electrons. The third kappa shape index (κ3) is 3.32. The van der Waals surface area contributed by atoms with Crippen molar-refractivity contribution in [2.75, 3.05) is 0 Å². The molecule has 1 fully saturated rings. The minimum atomic E-state index is -3.95. The van der Waals surface area contributed by atoms with Gasteiger partial charge in [0.2, 0.25) is 15.9 Å². The van der Waals surface area contributed by atoms with Crippen molar-refractivity contribution in [2.45, 2.75) is 43.2 Å². The number of amides is 2. The summed E-state index contributed by atoms with van der Waals surface area (Å²) in [6, 6.07) is 6.10. The average molecular weight is 416 g/mol. The quantitative estimate of drug-likeness (QED) is 0.738. The highest BCUT2D eigenvalue weighted by molar-refractivity contribution is 7.89. The Bertz CT molecular complexity index is 1140. The fourth-order valence-corrected chi connectivity index (χ4v) is 5.25. The molecule has 4 rings (SSSR count). The molecule has 2 aromatic rings. The molecule has 0 spiro atoms. The Morgan fingerprint density at radius 3 is 2.71 bits per heavy atom. The summed E-state index contributed by atoms with van der Waals surface area (Å²) in [5.41, 5.74) is -0.372. The van der Waals surface area contributed by atoms with Gasteiger partial charge in [0.1, 0.15) is 5.54 Å². The van der Waals surface area contributed by atoms with Crippen LogP contribution in [-0.2, 0) is 27.8 Å². The molecule has 1 aromatic carbocycles. The summed E-state index contributed by atoms with van der Waals surface area (Å²) in [6.45, 7) is 1.94. The van der Waals surface area contributed by atoms with Gasteiger partial charge in [-0.25, -0.2) is 13.4 Å².